The van der Waals surface area contributed by atoms with Crippen LogP contribution in [0.2, 0.25) is 0 Å². The van der Waals surface area contributed by atoms with E-state index in [0.717, 1.165) is 5.25 Å². The Bertz CT molecular complexity index is 206. The molecule has 12 heavy (non-hydrogen) atoms. The second kappa shape index (κ2) is 3.69. The van der Waals surface area contributed by atoms with Crippen LogP contribution in [0.25, 0.3) is 0 Å². The van der Waals surface area contributed by atoms with E-state index in [-0.39, 0.29) is 0 Å². The van der Waals surface area contributed by atoms with Crippen molar-refractivity contribution in [3.05, 3.63) is 23.1 Å². The summed E-state index contributed by atoms with van der Waals surface area (Å²) in [4.78, 5) is 1.44. The molecule has 0 aromatic heterocycles. The zero-order chi connectivity index (χ0) is 9.19. The molecule has 1 aliphatic rings. The quantitative estimate of drug-likeness (QED) is 0.590. The molecular weight excluding hydrogens is 164 g/mol. The Hall–Kier alpha value is -0.170. The van der Waals surface area contributed by atoms with Crippen molar-refractivity contribution in [3.63, 3.8) is 0 Å². The van der Waals surface area contributed by atoms with E-state index in [9.17, 15) is 0 Å². The monoisotopic (exact) mass is 182 g/mol. The lowest BCUT2D eigenvalue weighted by atomic mass is 9.90. The molecule has 1 heterocycles. The molecule has 0 aromatic carbocycles. The summed E-state index contributed by atoms with van der Waals surface area (Å²) < 4.78 is 0. The van der Waals surface area contributed by atoms with Crippen molar-refractivity contribution in [2.24, 2.45) is 5.41 Å². The third-order valence-electron chi connectivity index (χ3n) is 2.11. The summed E-state index contributed by atoms with van der Waals surface area (Å²) in [6.07, 6.45) is 7.90. The van der Waals surface area contributed by atoms with Crippen LogP contribution in [0.4, 0.5) is 0 Å². The van der Waals surface area contributed by atoms with Crippen LogP contribution in [0.3, 0.4) is 0 Å². The number of allylic oxidation sites excluding steroid dienone is 3. The van der Waals surface area contributed by atoms with Crippen molar-refractivity contribution in [2.45, 2.75) is 39.4 Å². The smallest absolute Gasteiger partial charge is 0.0178 e. The van der Waals surface area contributed by atoms with Gasteiger partial charge in [0.05, 0.1) is 0 Å². The van der Waals surface area contributed by atoms with Gasteiger partial charge in [0.25, 0.3) is 0 Å². The molecule has 0 amide bonds. The largest absolute Gasteiger partial charge is 0.122 e. The van der Waals surface area contributed by atoms with Gasteiger partial charge >= 0.3 is 0 Å². The number of hydrogen-bond donors (Lipinski definition) is 0. The van der Waals surface area contributed by atoms with Crippen LogP contribution in [0.1, 0.15) is 34.1 Å². The maximum absolute atomic E-state index is 2.35. The van der Waals surface area contributed by atoms with Crippen molar-refractivity contribution >= 4 is 11.8 Å². The zero-order valence-corrected chi connectivity index (χ0v) is 9.24. The molecule has 0 aromatic rings. The van der Waals surface area contributed by atoms with E-state index in [1.807, 2.05) is 11.8 Å². The van der Waals surface area contributed by atoms with Gasteiger partial charge in [-0.05, 0) is 18.8 Å². The zero-order valence-electron chi connectivity index (χ0n) is 8.42. The summed E-state index contributed by atoms with van der Waals surface area (Å²) >= 11 is 2.02. The molecular formula is C11H18S. The van der Waals surface area contributed by atoms with Gasteiger partial charge in [0.1, 0.15) is 0 Å². The molecule has 0 aliphatic carbocycles. The molecule has 0 bridgehead atoms. The molecule has 0 nitrogen and oxygen atoms in total. The SMILES string of the molecule is C/C=C/C1=CCC(C(C)(C)C)S1. The molecule has 1 aliphatic heterocycles. The molecule has 0 radical (unpaired) electrons. The first-order valence-corrected chi connectivity index (χ1v) is 5.41. The fraction of sp³-hybridized carbons (Fsp3) is 0.636. The fourth-order valence-corrected chi connectivity index (χ4v) is 2.57. The molecule has 0 saturated carbocycles. The second-order valence-electron chi connectivity index (χ2n) is 4.31. The Balaban J connectivity index is 2.52. The van der Waals surface area contributed by atoms with Gasteiger partial charge in [-0.2, -0.15) is 0 Å². The van der Waals surface area contributed by atoms with Gasteiger partial charge in [-0.3, -0.25) is 0 Å². The third kappa shape index (κ3) is 2.41. The molecule has 1 unspecified atom stereocenters. The predicted molar refractivity (Wildman–Crippen MR) is 58.3 cm³/mol. The summed E-state index contributed by atoms with van der Waals surface area (Å²) in [5.41, 5.74) is 0.435. The summed E-state index contributed by atoms with van der Waals surface area (Å²) in [6, 6.07) is 0. The number of thioether (sulfide) groups is 1. The first-order valence-electron chi connectivity index (χ1n) is 4.53. The van der Waals surface area contributed by atoms with Gasteiger partial charge in [0.2, 0.25) is 0 Å². The number of rotatable bonds is 1. The first-order chi connectivity index (χ1) is 5.54. The third-order valence-corrected chi connectivity index (χ3v) is 3.87. The minimum atomic E-state index is 0.435. The van der Waals surface area contributed by atoms with Crippen molar-refractivity contribution in [3.8, 4) is 0 Å². The topological polar surface area (TPSA) is 0 Å². The Labute approximate surface area is 80.1 Å². The molecule has 1 heteroatoms. The van der Waals surface area contributed by atoms with Crippen LogP contribution in [0.5, 0.6) is 0 Å². The molecule has 1 atom stereocenters. The highest BCUT2D eigenvalue weighted by Crippen LogP contribution is 2.42. The van der Waals surface area contributed by atoms with Crippen molar-refractivity contribution in [1.82, 2.24) is 0 Å². The minimum Gasteiger partial charge on any atom is -0.122 e. The highest BCUT2D eigenvalue weighted by Gasteiger charge is 2.28. The predicted octanol–water partition coefficient (Wildman–Crippen LogP) is 4.00. The minimum absolute atomic E-state index is 0.435. The van der Waals surface area contributed by atoms with E-state index in [2.05, 4.69) is 45.9 Å². The van der Waals surface area contributed by atoms with Gasteiger partial charge in [0, 0.05) is 10.2 Å². The van der Waals surface area contributed by atoms with Gasteiger partial charge in [-0.1, -0.05) is 39.0 Å². The normalized spacial score (nSPS) is 25.0. The lowest BCUT2D eigenvalue weighted by molar-refractivity contribution is 0.398. The van der Waals surface area contributed by atoms with Crippen LogP contribution >= 0.6 is 11.8 Å². The summed E-state index contributed by atoms with van der Waals surface area (Å²) in [5.74, 6) is 0. The first kappa shape index (κ1) is 9.91. The second-order valence-corrected chi connectivity index (χ2v) is 5.59. The lowest BCUT2D eigenvalue weighted by Gasteiger charge is -2.25. The van der Waals surface area contributed by atoms with E-state index in [1.54, 1.807) is 0 Å². The maximum Gasteiger partial charge on any atom is 0.0178 e. The number of hydrogen-bond acceptors (Lipinski definition) is 1. The van der Waals surface area contributed by atoms with E-state index in [0.29, 0.717) is 5.41 Å². The van der Waals surface area contributed by atoms with Crippen molar-refractivity contribution in [1.29, 1.82) is 0 Å². The van der Waals surface area contributed by atoms with Crippen LogP contribution in [0.15, 0.2) is 23.1 Å². The summed E-state index contributed by atoms with van der Waals surface area (Å²) in [6.45, 7) is 9.02. The Morgan fingerprint density at radius 2 is 2.17 bits per heavy atom. The molecule has 0 spiro atoms. The van der Waals surface area contributed by atoms with Crippen LogP contribution in [0, 0.1) is 5.41 Å². The molecule has 0 fully saturated rings. The highest BCUT2D eigenvalue weighted by molar-refractivity contribution is 8.04. The van der Waals surface area contributed by atoms with Crippen LogP contribution < -0.4 is 0 Å². The van der Waals surface area contributed by atoms with E-state index in [4.69, 9.17) is 0 Å². The van der Waals surface area contributed by atoms with Crippen molar-refractivity contribution in [2.75, 3.05) is 0 Å². The highest BCUT2D eigenvalue weighted by atomic mass is 32.2. The van der Waals surface area contributed by atoms with E-state index in [1.165, 1.54) is 11.3 Å². The van der Waals surface area contributed by atoms with E-state index >= 15 is 0 Å². The molecule has 0 saturated heterocycles. The maximum atomic E-state index is 2.35. The average molecular weight is 182 g/mol. The standard InChI is InChI=1S/C11H18S/c1-5-6-9-7-8-10(12-9)11(2,3)4/h5-7,10H,8H2,1-4H3/b6-5+. The van der Waals surface area contributed by atoms with Gasteiger partial charge < -0.3 is 0 Å². The molecule has 0 N–H and O–H groups in total. The van der Waals surface area contributed by atoms with E-state index < -0.39 is 0 Å². The Morgan fingerprint density at radius 3 is 2.58 bits per heavy atom. The van der Waals surface area contributed by atoms with Gasteiger partial charge in [-0.15, -0.1) is 11.8 Å². The Morgan fingerprint density at radius 1 is 1.50 bits per heavy atom. The van der Waals surface area contributed by atoms with Gasteiger partial charge in [0.15, 0.2) is 0 Å². The van der Waals surface area contributed by atoms with Gasteiger partial charge in [-0.25, -0.2) is 0 Å². The fourth-order valence-electron chi connectivity index (χ4n) is 1.29. The Kier molecular flexibility index (Phi) is 3.05. The molecule has 68 valence electrons. The lowest BCUT2D eigenvalue weighted by Crippen LogP contribution is -2.20. The average Bonchev–Trinajstić information content (AvgIpc) is 2.35. The molecule has 1 rings (SSSR count). The van der Waals surface area contributed by atoms with Crippen molar-refractivity contribution < 1.29 is 0 Å². The summed E-state index contributed by atoms with van der Waals surface area (Å²) in [7, 11) is 0. The van der Waals surface area contributed by atoms with Crippen LogP contribution in [-0.4, -0.2) is 5.25 Å². The summed E-state index contributed by atoms with van der Waals surface area (Å²) in [5, 5.41) is 0.767. The van der Waals surface area contributed by atoms with Crippen LogP contribution in [-0.2, 0) is 0 Å².